The summed E-state index contributed by atoms with van der Waals surface area (Å²) in [5.74, 6) is 0.100. The van der Waals surface area contributed by atoms with Crippen molar-refractivity contribution in [3.8, 4) is 16.6 Å². The largest absolute Gasteiger partial charge is 0.489 e. The van der Waals surface area contributed by atoms with Gasteiger partial charge in [0, 0.05) is 44.4 Å². The number of hydrogen-bond acceptors (Lipinski definition) is 9. The highest BCUT2D eigenvalue weighted by Crippen LogP contribution is 2.31. The van der Waals surface area contributed by atoms with E-state index in [4.69, 9.17) is 4.74 Å². The van der Waals surface area contributed by atoms with Gasteiger partial charge in [0.2, 0.25) is 5.13 Å². The van der Waals surface area contributed by atoms with Crippen molar-refractivity contribution in [3.05, 3.63) is 46.4 Å². The van der Waals surface area contributed by atoms with Crippen molar-refractivity contribution in [1.29, 1.82) is 0 Å². The van der Waals surface area contributed by atoms with Crippen molar-refractivity contribution in [2.75, 3.05) is 25.1 Å². The van der Waals surface area contributed by atoms with E-state index in [9.17, 15) is 9.18 Å². The summed E-state index contributed by atoms with van der Waals surface area (Å²) >= 11 is 4.78. The fourth-order valence-electron chi connectivity index (χ4n) is 3.01. The number of methoxy groups -OCH3 is 1. The summed E-state index contributed by atoms with van der Waals surface area (Å²) in [6, 6.07) is 4.42. The van der Waals surface area contributed by atoms with Gasteiger partial charge < -0.3 is 14.4 Å². The van der Waals surface area contributed by atoms with Crippen molar-refractivity contribution >= 4 is 38.4 Å². The molecule has 3 heterocycles. The van der Waals surface area contributed by atoms with Gasteiger partial charge >= 0.3 is 5.97 Å². The molecule has 4 rings (SSSR count). The maximum atomic E-state index is 13.5. The van der Waals surface area contributed by atoms with E-state index >= 15 is 0 Å². The molecule has 11 heteroatoms. The van der Waals surface area contributed by atoms with Crippen molar-refractivity contribution in [2.45, 2.75) is 18.9 Å². The van der Waals surface area contributed by atoms with Gasteiger partial charge in [-0.25, -0.2) is 19.2 Å². The quantitative estimate of drug-likeness (QED) is 0.496. The second-order valence-electron chi connectivity index (χ2n) is 6.56. The summed E-state index contributed by atoms with van der Waals surface area (Å²) in [6.45, 7) is 1.49. The van der Waals surface area contributed by atoms with Crippen LogP contribution >= 0.6 is 27.3 Å². The molecule has 3 aromatic rings. The lowest BCUT2D eigenvalue weighted by atomic mass is 10.1. The molecule has 8 nitrogen and oxygen atoms in total. The molecule has 0 spiro atoms. The Morgan fingerprint density at radius 3 is 2.67 bits per heavy atom. The van der Waals surface area contributed by atoms with Crippen LogP contribution in [0.5, 0.6) is 5.75 Å². The zero-order valence-electron chi connectivity index (χ0n) is 15.9. The van der Waals surface area contributed by atoms with E-state index in [-0.39, 0.29) is 17.5 Å². The van der Waals surface area contributed by atoms with Crippen LogP contribution in [-0.2, 0) is 4.74 Å². The molecule has 1 aromatic carbocycles. The number of carbonyl (C=O) groups excluding carboxylic acids is 1. The molecule has 0 unspecified atom stereocenters. The van der Waals surface area contributed by atoms with Crippen LogP contribution in [0.2, 0.25) is 0 Å². The SMILES string of the molecule is COC(=O)c1cnc(-c2nnc(N3CCC(Oc4cc(F)ccc4Br)CC3)s2)nc1. The number of hydrogen-bond donors (Lipinski definition) is 0. The number of benzene rings is 1. The summed E-state index contributed by atoms with van der Waals surface area (Å²) in [6.07, 6.45) is 4.37. The fourth-order valence-corrected chi connectivity index (χ4v) is 4.19. The fraction of sp³-hybridized carbons (Fsp3) is 0.316. The molecule has 0 bridgehead atoms. The molecule has 2 aromatic heterocycles. The number of piperidine rings is 1. The van der Waals surface area contributed by atoms with Gasteiger partial charge in [-0.05, 0) is 28.1 Å². The lowest BCUT2D eigenvalue weighted by Crippen LogP contribution is -2.38. The van der Waals surface area contributed by atoms with Gasteiger partial charge in [-0.1, -0.05) is 11.3 Å². The van der Waals surface area contributed by atoms with E-state index in [2.05, 4.69) is 45.7 Å². The summed E-state index contributed by atoms with van der Waals surface area (Å²) in [4.78, 5) is 22.0. The highest BCUT2D eigenvalue weighted by Gasteiger charge is 2.24. The molecule has 0 saturated carbocycles. The first kappa shape index (κ1) is 20.6. The topological polar surface area (TPSA) is 90.3 Å². The van der Waals surface area contributed by atoms with Crippen LogP contribution in [0.25, 0.3) is 10.8 Å². The Kier molecular flexibility index (Phi) is 6.18. The van der Waals surface area contributed by atoms with Crippen LogP contribution in [0.4, 0.5) is 9.52 Å². The maximum absolute atomic E-state index is 13.5. The van der Waals surface area contributed by atoms with Gasteiger partial charge in [-0.15, -0.1) is 10.2 Å². The third-order valence-corrected chi connectivity index (χ3v) is 6.21. The molecule has 30 heavy (non-hydrogen) atoms. The standard InChI is InChI=1S/C19H17BrFN5O3S/c1-28-18(27)11-9-22-16(23-10-11)17-24-25-19(30-17)26-6-4-13(5-7-26)29-15-8-12(21)2-3-14(15)20/h2-3,8-10,13H,4-7H2,1H3. The monoisotopic (exact) mass is 493 g/mol. The lowest BCUT2D eigenvalue weighted by Gasteiger charge is -2.31. The van der Waals surface area contributed by atoms with E-state index in [0.29, 0.717) is 16.6 Å². The van der Waals surface area contributed by atoms with Gasteiger partial charge in [0.25, 0.3) is 0 Å². The molecule has 1 saturated heterocycles. The lowest BCUT2D eigenvalue weighted by molar-refractivity contribution is 0.0600. The number of halogens is 2. The number of anilines is 1. The first-order valence-corrected chi connectivity index (χ1v) is 10.8. The summed E-state index contributed by atoms with van der Waals surface area (Å²) in [5, 5.41) is 9.77. The van der Waals surface area contributed by atoms with Crippen molar-refractivity contribution < 1.29 is 18.7 Å². The highest BCUT2D eigenvalue weighted by atomic mass is 79.9. The van der Waals surface area contributed by atoms with Crippen LogP contribution < -0.4 is 9.64 Å². The average Bonchev–Trinajstić information content (AvgIpc) is 3.27. The Morgan fingerprint density at radius 2 is 1.97 bits per heavy atom. The Morgan fingerprint density at radius 1 is 1.23 bits per heavy atom. The van der Waals surface area contributed by atoms with Crippen LogP contribution in [0.1, 0.15) is 23.2 Å². The van der Waals surface area contributed by atoms with Crippen molar-refractivity contribution in [2.24, 2.45) is 0 Å². The molecule has 1 aliphatic heterocycles. The van der Waals surface area contributed by atoms with Crippen LogP contribution in [0, 0.1) is 5.82 Å². The maximum Gasteiger partial charge on any atom is 0.341 e. The minimum atomic E-state index is -0.491. The molecule has 0 aliphatic carbocycles. The summed E-state index contributed by atoms with van der Waals surface area (Å²) in [5.41, 5.74) is 0.276. The van der Waals surface area contributed by atoms with Crippen molar-refractivity contribution in [3.63, 3.8) is 0 Å². The van der Waals surface area contributed by atoms with Crippen molar-refractivity contribution in [1.82, 2.24) is 20.2 Å². The Bertz CT molecular complexity index is 1040. The molecular weight excluding hydrogens is 477 g/mol. The molecule has 0 N–H and O–H groups in total. The van der Waals surface area contributed by atoms with Crippen LogP contribution in [-0.4, -0.2) is 52.4 Å². The summed E-state index contributed by atoms with van der Waals surface area (Å²) in [7, 11) is 1.30. The van der Waals surface area contributed by atoms with E-state index < -0.39 is 5.97 Å². The predicted octanol–water partition coefficient (Wildman–Crippen LogP) is 3.73. The number of esters is 1. The average molecular weight is 494 g/mol. The molecule has 1 aliphatic rings. The minimum absolute atomic E-state index is 0.000871. The van der Waals surface area contributed by atoms with E-state index in [0.717, 1.165) is 35.5 Å². The molecule has 156 valence electrons. The first-order chi connectivity index (χ1) is 14.5. The van der Waals surface area contributed by atoms with Gasteiger partial charge in [-0.3, -0.25) is 0 Å². The third-order valence-electron chi connectivity index (χ3n) is 4.58. The van der Waals surface area contributed by atoms with Crippen LogP contribution in [0.3, 0.4) is 0 Å². The number of nitrogens with zero attached hydrogens (tertiary/aromatic N) is 5. The Labute approximate surface area is 184 Å². The highest BCUT2D eigenvalue weighted by molar-refractivity contribution is 9.10. The zero-order valence-corrected chi connectivity index (χ0v) is 18.3. The van der Waals surface area contributed by atoms with Gasteiger partial charge in [0.15, 0.2) is 10.8 Å². The minimum Gasteiger partial charge on any atom is -0.489 e. The van der Waals surface area contributed by atoms with Gasteiger partial charge in [-0.2, -0.15) is 0 Å². The Balaban J connectivity index is 1.37. The van der Waals surface area contributed by atoms with Gasteiger partial charge in [0.05, 0.1) is 17.1 Å². The second kappa shape index (κ2) is 9.00. The molecule has 0 radical (unpaired) electrons. The number of aromatic nitrogens is 4. The number of ether oxygens (including phenoxy) is 2. The number of carbonyl (C=O) groups is 1. The first-order valence-electron chi connectivity index (χ1n) is 9.14. The molecule has 0 amide bonds. The zero-order chi connectivity index (χ0) is 21.1. The smallest absolute Gasteiger partial charge is 0.341 e. The summed E-state index contributed by atoms with van der Waals surface area (Å²) < 4.78 is 24.8. The number of rotatable bonds is 5. The van der Waals surface area contributed by atoms with Crippen LogP contribution in [0.15, 0.2) is 35.1 Å². The molecular formula is C19H17BrFN5O3S. The predicted molar refractivity (Wildman–Crippen MR) is 112 cm³/mol. The third kappa shape index (κ3) is 4.57. The van der Waals surface area contributed by atoms with Gasteiger partial charge in [0.1, 0.15) is 17.7 Å². The Hall–Kier alpha value is -2.66. The normalized spacial score (nSPS) is 14.6. The van der Waals surface area contributed by atoms with E-state index in [1.54, 1.807) is 6.07 Å². The van der Waals surface area contributed by atoms with E-state index in [1.165, 1.54) is 43.0 Å². The molecule has 1 fully saturated rings. The van der Waals surface area contributed by atoms with E-state index in [1.807, 2.05) is 0 Å². The molecule has 0 atom stereocenters. The second-order valence-corrected chi connectivity index (χ2v) is 8.37.